The number of nitrogen functional groups attached to an aromatic ring is 3. The Kier molecular flexibility index (Phi) is 4.71. The van der Waals surface area contributed by atoms with E-state index < -0.39 is 0 Å². The maximum atomic E-state index is 11.8. The Hall–Kier alpha value is -2.19. The number of benzene rings is 1. The highest BCUT2D eigenvalue weighted by molar-refractivity contribution is 7.99. The van der Waals surface area contributed by atoms with Crippen LogP contribution in [0.1, 0.15) is 0 Å². The van der Waals surface area contributed by atoms with Gasteiger partial charge >= 0.3 is 0 Å². The van der Waals surface area contributed by atoms with Crippen LogP contribution < -0.4 is 22.5 Å². The molecule has 1 amide bonds. The molecule has 0 bridgehead atoms. The number of nitrogens with zero attached hydrogens (tertiary/aromatic N) is 2. The monoisotopic (exact) mass is 324 g/mol. The summed E-state index contributed by atoms with van der Waals surface area (Å²) in [5.41, 5.74) is 17.7. The van der Waals surface area contributed by atoms with Gasteiger partial charge in [0.1, 0.15) is 11.6 Å². The zero-order valence-corrected chi connectivity index (χ0v) is 12.4. The fourth-order valence-electron chi connectivity index (χ4n) is 1.48. The minimum absolute atomic E-state index is 0.116. The van der Waals surface area contributed by atoms with E-state index in [0.717, 1.165) is 11.8 Å². The van der Waals surface area contributed by atoms with Gasteiger partial charge in [-0.25, -0.2) is 9.97 Å². The van der Waals surface area contributed by atoms with Crippen LogP contribution in [0.25, 0.3) is 0 Å². The van der Waals surface area contributed by atoms with Gasteiger partial charge in [-0.05, 0) is 18.2 Å². The Labute approximate surface area is 130 Å². The Morgan fingerprint density at radius 1 is 1.19 bits per heavy atom. The molecule has 9 heteroatoms. The molecule has 0 fully saturated rings. The maximum absolute atomic E-state index is 11.8. The number of rotatable bonds is 4. The third-order valence-electron chi connectivity index (χ3n) is 2.36. The summed E-state index contributed by atoms with van der Waals surface area (Å²) in [6.45, 7) is 0. The predicted molar refractivity (Wildman–Crippen MR) is 86.1 cm³/mol. The molecule has 0 radical (unpaired) electrons. The average molecular weight is 325 g/mol. The summed E-state index contributed by atoms with van der Waals surface area (Å²) in [5.74, 6) is 0.406. The van der Waals surface area contributed by atoms with Gasteiger partial charge in [0.25, 0.3) is 0 Å². The third kappa shape index (κ3) is 4.40. The molecule has 7 N–H and O–H groups in total. The van der Waals surface area contributed by atoms with Crippen molar-refractivity contribution in [2.75, 3.05) is 28.3 Å². The number of hydrogen-bond acceptors (Lipinski definition) is 7. The normalized spacial score (nSPS) is 10.3. The summed E-state index contributed by atoms with van der Waals surface area (Å²) < 4.78 is 0. The van der Waals surface area contributed by atoms with Crippen molar-refractivity contribution in [1.82, 2.24) is 9.97 Å². The quantitative estimate of drug-likeness (QED) is 0.381. The van der Waals surface area contributed by atoms with Crippen molar-refractivity contribution >= 4 is 52.3 Å². The van der Waals surface area contributed by atoms with Gasteiger partial charge in [0, 0.05) is 11.8 Å². The van der Waals surface area contributed by atoms with E-state index in [1.807, 2.05) is 0 Å². The van der Waals surface area contributed by atoms with E-state index in [9.17, 15) is 4.79 Å². The summed E-state index contributed by atoms with van der Waals surface area (Å²) in [7, 11) is 0. The number of nitrogens with one attached hydrogen (secondary N) is 1. The van der Waals surface area contributed by atoms with Crippen molar-refractivity contribution in [2.24, 2.45) is 0 Å². The summed E-state index contributed by atoms with van der Waals surface area (Å²) in [6.07, 6.45) is 0. The van der Waals surface area contributed by atoms with Gasteiger partial charge in [-0.15, -0.1) is 0 Å². The second-order valence-electron chi connectivity index (χ2n) is 4.07. The molecule has 2 aromatic rings. The summed E-state index contributed by atoms with van der Waals surface area (Å²) in [6, 6.07) is 6.30. The molecule has 21 heavy (non-hydrogen) atoms. The predicted octanol–water partition coefficient (Wildman–Crippen LogP) is 1.61. The molecule has 0 saturated carbocycles. The molecule has 110 valence electrons. The Bertz CT molecular complexity index is 661. The number of carbonyl (C=O) groups excluding carboxylic acids is 1. The molecule has 1 aromatic carbocycles. The van der Waals surface area contributed by atoms with Gasteiger partial charge in [-0.2, -0.15) is 0 Å². The van der Waals surface area contributed by atoms with Crippen molar-refractivity contribution in [3.63, 3.8) is 0 Å². The Morgan fingerprint density at radius 2 is 1.86 bits per heavy atom. The molecule has 1 heterocycles. The first kappa shape index (κ1) is 15.2. The second-order valence-corrected chi connectivity index (χ2v) is 5.42. The minimum atomic E-state index is -0.230. The number of halogens is 1. The van der Waals surface area contributed by atoms with Crippen molar-refractivity contribution in [3.8, 4) is 0 Å². The van der Waals surface area contributed by atoms with Crippen molar-refractivity contribution in [1.29, 1.82) is 0 Å². The average Bonchev–Trinajstić information content (AvgIpc) is 2.40. The molecule has 0 aliphatic carbocycles. The van der Waals surface area contributed by atoms with Gasteiger partial charge in [0.15, 0.2) is 5.16 Å². The first-order chi connectivity index (χ1) is 9.94. The Morgan fingerprint density at radius 3 is 2.48 bits per heavy atom. The lowest BCUT2D eigenvalue weighted by Crippen LogP contribution is -2.14. The van der Waals surface area contributed by atoms with E-state index in [2.05, 4.69) is 15.3 Å². The van der Waals surface area contributed by atoms with E-state index in [-0.39, 0.29) is 23.3 Å². The molecule has 7 nitrogen and oxygen atoms in total. The molecule has 1 aromatic heterocycles. The molecular formula is C12H13ClN6OS. The Balaban J connectivity index is 1.94. The van der Waals surface area contributed by atoms with E-state index in [1.165, 1.54) is 6.07 Å². The van der Waals surface area contributed by atoms with Gasteiger partial charge in [-0.3, -0.25) is 4.79 Å². The molecule has 2 rings (SSSR count). The van der Waals surface area contributed by atoms with E-state index in [1.54, 1.807) is 18.2 Å². The number of hydrogen-bond donors (Lipinski definition) is 4. The first-order valence-corrected chi connectivity index (χ1v) is 7.18. The lowest BCUT2D eigenvalue weighted by molar-refractivity contribution is -0.113. The maximum Gasteiger partial charge on any atom is 0.234 e. The highest BCUT2D eigenvalue weighted by Crippen LogP contribution is 2.23. The molecule has 0 atom stereocenters. The smallest absolute Gasteiger partial charge is 0.234 e. The van der Waals surface area contributed by atoms with Crippen molar-refractivity contribution < 1.29 is 4.79 Å². The van der Waals surface area contributed by atoms with Gasteiger partial charge < -0.3 is 22.5 Å². The van der Waals surface area contributed by atoms with Crippen LogP contribution in [0.4, 0.5) is 23.0 Å². The molecule has 0 saturated heterocycles. The standard InChI is InChI=1S/C12H13ClN6OS/c13-7-2-1-6(3-8(7)14)17-11(20)5-21-12-18-9(15)4-10(16)19-12/h1-4H,5,14H2,(H,17,20)(H4,15,16,18,19). The zero-order chi connectivity index (χ0) is 15.4. The van der Waals surface area contributed by atoms with Gasteiger partial charge in [0.05, 0.1) is 16.5 Å². The molecule has 0 spiro atoms. The van der Waals surface area contributed by atoms with Crippen LogP contribution in [0.2, 0.25) is 5.02 Å². The number of carbonyl (C=O) groups is 1. The molecule has 0 aliphatic heterocycles. The van der Waals surface area contributed by atoms with Crippen LogP contribution in [0.5, 0.6) is 0 Å². The molecule has 0 unspecified atom stereocenters. The fraction of sp³-hybridized carbons (Fsp3) is 0.0833. The van der Waals surface area contributed by atoms with Crippen LogP contribution in [0, 0.1) is 0 Å². The highest BCUT2D eigenvalue weighted by Gasteiger charge is 2.08. The van der Waals surface area contributed by atoms with Gasteiger partial charge in [0.2, 0.25) is 5.91 Å². The fourth-order valence-corrected chi connectivity index (χ4v) is 2.26. The van der Waals surface area contributed by atoms with Crippen LogP contribution in [-0.4, -0.2) is 21.6 Å². The van der Waals surface area contributed by atoms with Crippen molar-refractivity contribution in [3.05, 3.63) is 29.3 Å². The van der Waals surface area contributed by atoms with E-state index >= 15 is 0 Å². The molecule has 0 aliphatic rings. The SMILES string of the molecule is Nc1cc(N)nc(SCC(=O)Nc2ccc(Cl)c(N)c2)n1. The minimum Gasteiger partial charge on any atom is -0.397 e. The number of nitrogens with two attached hydrogens (primary N) is 3. The topological polar surface area (TPSA) is 133 Å². The summed E-state index contributed by atoms with van der Waals surface area (Å²) >= 11 is 6.94. The van der Waals surface area contributed by atoms with Crippen LogP contribution in [0.3, 0.4) is 0 Å². The number of anilines is 4. The lowest BCUT2D eigenvalue weighted by Gasteiger charge is -2.07. The van der Waals surface area contributed by atoms with Crippen molar-refractivity contribution in [2.45, 2.75) is 5.16 Å². The van der Waals surface area contributed by atoms with Gasteiger partial charge in [-0.1, -0.05) is 23.4 Å². The van der Waals surface area contributed by atoms with Crippen LogP contribution in [-0.2, 0) is 4.79 Å². The lowest BCUT2D eigenvalue weighted by atomic mass is 10.3. The largest absolute Gasteiger partial charge is 0.397 e. The first-order valence-electron chi connectivity index (χ1n) is 5.82. The summed E-state index contributed by atoms with van der Waals surface area (Å²) in [4.78, 5) is 19.8. The highest BCUT2D eigenvalue weighted by atomic mass is 35.5. The summed E-state index contributed by atoms with van der Waals surface area (Å²) in [5, 5.41) is 3.47. The second kappa shape index (κ2) is 6.51. The number of amides is 1. The van der Waals surface area contributed by atoms with Crippen LogP contribution in [0.15, 0.2) is 29.4 Å². The molecular weight excluding hydrogens is 312 g/mol. The third-order valence-corrected chi connectivity index (χ3v) is 3.55. The number of thioether (sulfide) groups is 1. The van der Waals surface area contributed by atoms with Crippen LogP contribution >= 0.6 is 23.4 Å². The zero-order valence-electron chi connectivity index (χ0n) is 10.8. The number of aromatic nitrogens is 2. The van der Waals surface area contributed by atoms with E-state index in [0.29, 0.717) is 21.6 Å². The van der Waals surface area contributed by atoms with E-state index in [4.69, 9.17) is 28.8 Å².